The van der Waals surface area contributed by atoms with E-state index in [1.165, 1.54) is 12.1 Å². The third-order valence-corrected chi connectivity index (χ3v) is 4.46. The van der Waals surface area contributed by atoms with Crippen LogP contribution in [0.5, 0.6) is 0 Å². The van der Waals surface area contributed by atoms with Gasteiger partial charge in [-0.15, -0.1) is 0 Å². The van der Waals surface area contributed by atoms with E-state index < -0.39 is 0 Å². The average molecular weight is 338 g/mol. The Labute approximate surface area is 125 Å². The molecule has 0 spiro atoms. The third-order valence-electron chi connectivity index (χ3n) is 3.79. The maximum absolute atomic E-state index is 13.7. The van der Waals surface area contributed by atoms with Crippen molar-refractivity contribution in [2.45, 2.75) is 24.8 Å². The number of para-hydroxylation sites is 1. The molecule has 1 fully saturated rings. The monoisotopic (exact) mass is 337 g/mol. The highest BCUT2D eigenvalue weighted by molar-refractivity contribution is 9.10. The molecule has 1 N–H and O–H groups in total. The first kappa shape index (κ1) is 13.6. The number of rotatable bonds is 3. The summed E-state index contributed by atoms with van der Waals surface area (Å²) in [6.45, 7) is 0. The van der Waals surface area contributed by atoms with Crippen LogP contribution in [0.3, 0.4) is 0 Å². The molecule has 1 nitrogen and oxygen atoms in total. The van der Waals surface area contributed by atoms with Gasteiger partial charge < -0.3 is 5.32 Å². The van der Waals surface area contributed by atoms with Crippen LogP contribution >= 0.6 is 15.9 Å². The normalized spacial score (nSPS) is 21.4. The minimum Gasteiger partial charge on any atom is -0.379 e. The van der Waals surface area contributed by atoms with Crippen molar-refractivity contribution in [3.05, 3.63) is 64.1 Å². The van der Waals surface area contributed by atoms with Gasteiger partial charge in [0.1, 0.15) is 11.6 Å². The molecule has 0 unspecified atom stereocenters. The fourth-order valence-corrected chi connectivity index (χ4v) is 3.09. The second-order valence-corrected chi connectivity index (χ2v) is 5.98. The average Bonchev–Trinajstić information content (AvgIpc) is 2.37. The van der Waals surface area contributed by atoms with Crippen molar-refractivity contribution in [2.75, 3.05) is 5.32 Å². The van der Waals surface area contributed by atoms with Gasteiger partial charge in [-0.3, -0.25) is 0 Å². The largest absolute Gasteiger partial charge is 0.379 e. The molecule has 1 saturated carbocycles. The zero-order valence-corrected chi connectivity index (χ0v) is 12.3. The molecule has 20 heavy (non-hydrogen) atoms. The Morgan fingerprint density at radius 3 is 2.35 bits per heavy atom. The van der Waals surface area contributed by atoms with Crippen molar-refractivity contribution in [3.8, 4) is 0 Å². The van der Waals surface area contributed by atoms with Crippen LogP contribution in [0.1, 0.15) is 24.3 Å². The number of anilines is 1. The fourth-order valence-electron chi connectivity index (χ4n) is 2.64. The van der Waals surface area contributed by atoms with E-state index in [0.717, 1.165) is 18.4 Å². The van der Waals surface area contributed by atoms with Gasteiger partial charge in [-0.1, -0.05) is 24.3 Å². The number of hydrogen-bond acceptors (Lipinski definition) is 1. The molecule has 0 amide bonds. The van der Waals surface area contributed by atoms with Crippen molar-refractivity contribution < 1.29 is 8.78 Å². The fraction of sp³-hybridized carbons (Fsp3) is 0.250. The minimum absolute atomic E-state index is 0.150. The van der Waals surface area contributed by atoms with Crippen LogP contribution < -0.4 is 5.32 Å². The van der Waals surface area contributed by atoms with Gasteiger partial charge in [0.05, 0.1) is 5.69 Å². The Morgan fingerprint density at radius 2 is 1.65 bits per heavy atom. The maximum Gasteiger partial charge on any atom is 0.147 e. The van der Waals surface area contributed by atoms with E-state index in [1.54, 1.807) is 18.2 Å². The lowest BCUT2D eigenvalue weighted by Crippen LogP contribution is -2.34. The van der Waals surface area contributed by atoms with Crippen LogP contribution in [-0.2, 0) is 0 Å². The summed E-state index contributed by atoms with van der Waals surface area (Å²) in [4.78, 5) is 0. The van der Waals surface area contributed by atoms with Gasteiger partial charge in [-0.2, -0.15) is 0 Å². The molecule has 104 valence electrons. The molecular formula is C16H14BrF2N. The summed E-state index contributed by atoms with van der Waals surface area (Å²) in [7, 11) is 0. The topological polar surface area (TPSA) is 12.0 Å². The summed E-state index contributed by atoms with van der Waals surface area (Å²) in [5, 5.41) is 3.19. The van der Waals surface area contributed by atoms with Crippen molar-refractivity contribution in [1.82, 2.24) is 0 Å². The first-order chi connectivity index (χ1) is 9.65. The van der Waals surface area contributed by atoms with Gasteiger partial charge in [0, 0.05) is 10.5 Å². The Balaban J connectivity index is 1.66. The van der Waals surface area contributed by atoms with E-state index in [9.17, 15) is 8.78 Å². The molecule has 0 aromatic heterocycles. The van der Waals surface area contributed by atoms with Gasteiger partial charge in [0.25, 0.3) is 0 Å². The predicted octanol–water partition coefficient (Wildman–Crippen LogP) is 5.09. The van der Waals surface area contributed by atoms with Gasteiger partial charge in [-0.25, -0.2) is 8.78 Å². The maximum atomic E-state index is 13.7. The first-order valence-electron chi connectivity index (χ1n) is 6.60. The number of hydrogen-bond donors (Lipinski definition) is 1. The van der Waals surface area contributed by atoms with Crippen LogP contribution in [0.2, 0.25) is 0 Å². The lowest BCUT2D eigenvalue weighted by molar-refractivity contribution is 0.362. The van der Waals surface area contributed by atoms with Gasteiger partial charge in [-0.05, 0) is 58.5 Å². The van der Waals surface area contributed by atoms with Gasteiger partial charge in [0.15, 0.2) is 0 Å². The summed E-state index contributed by atoms with van der Waals surface area (Å²) in [6, 6.07) is 12.0. The highest BCUT2D eigenvalue weighted by Gasteiger charge is 2.32. The standard InChI is InChI=1S/C16H14BrF2N/c17-13-5-3-7-15(19)16(13)20-11-8-10(9-11)12-4-1-2-6-14(12)18/h1-7,10-11,20H,8-9H2. The molecule has 0 atom stereocenters. The van der Waals surface area contributed by atoms with Crippen LogP contribution in [0.4, 0.5) is 14.5 Å². The molecule has 0 radical (unpaired) electrons. The number of benzene rings is 2. The molecule has 0 aliphatic heterocycles. The molecule has 3 rings (SSSR count). The molecule has 0 bridgehead atoms. The Hall–Kier alpha value is -1.42. The predicted molar refractivity (Wildman–Crippen MR) is 79.9 cm³/mol. The quantitative estimate of drug-likeness (QED) is 0.822. The smallest absolute Gasteiger partial charge is 0.147 e. The molecule has 4 heteroatoms. The zero-order valence-electron chi connectivity index (χ0n) is 10.7. The lowest BCUT2D eigenvalue weighted by atomic mass is 9.75. The SMILES string of the molecule is Fc1ccccc1C1CC(Nc2c(F)cccc2Br)C1. The number of nitrogens with one attached hydrogen (secondary N) is 1. The molecule has 0 saturated heterocycles. The summed E-state index contributed by atoms with van der Waals surface area (Å²) in [6.07, 6.45) is 1.64. The van der Waals surface area contributed by atoms with Crippen molar-refractivity contribution in [2.24, 2.45) is 0 Å². The van der Waals surface area contributed by atoms with Crippen LogP contribution in [-0.4, -0.2) is 6.04 Å². The Bertz CT molecular complexity index is 603. The Morgan fingerprint density at radius 1 is 0.950 bits per heavy atom. The molecular weight excluding hydrogens is 324 g/mol. The summed E-state index contributed by atoms with van der Waals surface area (Å²) in [5.41, 5.74) is 1.25. The molecule has 1 aliphatic carbocycles. The zero-order chi connectivity index (χ0) is 14.1. The van der Waals surface area contributed by atoms with E-state index in [1.807, 2.05) is 12.1 Å². The molecule has 2 aromatic rings. The number of halogens is 3. The summed E-state index contributed by atoms with van der Waals surface area (Å²) >= 11 is 3.34. The van der Waals surface area contributed by atoms with E-state index in [0.29, 0.717) is 10.2 Å². The second kappa shape index (κ2) is 5.52. The third kappa shape index (κ3) is 2.57. The highest BCUT2D eigenvalue weighted by atomic mass is 79.9. The van der Waals surface area contributed by atoms with E-state index in [4.69, 9.17) is 0 Å². The van der Waals surface area contributed by atoms with Crippen molar-refractivity contribution in [3.63, 3.8) is 0 Å². The summed E-state index contributed by atoms with van der Waals surface area (Å²) in [5.74, 6) is -0.198. The molecule has 2 aromatic carbocycles. The second-order valence-electron chi connectivity index (χ2n) is 5.13. The van der Waals surface area contributed by atoms with E-state index in [2.05, 4.69) is 21.2 Å². The van der Waals surface area contributed by atoms with Crippen LogP contribution in [0, 0.1) is 11.6 Å². The van der Waals surface area contributed by atoms with E-state index in [-0.39, 0.29) is 23.6 Å². The lowest BCUT2D eigenvalue weighted by Gasteiger charge is -2.37. The van der Waals surface area contributed by atoms with Crippen LogP contribution in [0.15, 0.2) is 46.9 Å². The van der Waals surface area contributed by atoms with E-state index >= 15 is 0 Å². The Kier molecular flexibility index (Phi) is 3.74. The summed E-state index contributed by atoms with van der Waals surface area (Å²) < 4.78 is 28.1. The molecule has 1 aliphatic rings. The van der Waals surface area contributed by atoms with Crippen molar-refractivity contribution in [1.29, 1.82) is 0 Å². The molecule has 0 heterocycles. The van der Waals surface area contributed by atoms with Crippen LogP contribution in [0.25, 0.3) is 0 Å². The van der Waals surface area contributed by atoms with Crippen molar-refractivity contribution >= 4 is 21.6 Å². The van der Waals surface area contributed by atoms with Gasteiger partial charge in [0.2, 0.25) is 0 Å². The highest BCUT2D eigenvalue weighted by Crippen LogP contribution is 2.40. The van der Waals surface area contributed by atoms with Gasteiger partial charge >= 0.3 is 0 Å². The first-order valence-corrected chi connectivity index (χ1v) is 7.39. The minimum atomic E-state index is -0.270.